The summed E-state index contributed by atoms with van der Waals surface area (Å²) in [4.78, 5) is 8.93. The van der Waals surface area contributed by atoms with E-state index in [0.717, 1.165) is 66.3 Å². The highest BCUT2D eigenvalue weighted by atomic mass is 28.3. The fraction of sp³-hybridized carbons (Fsp3) is 0.500. The zero-order valence-corrected chi connectivity index (χ0v) is 18.9. The van der Waals surface area contributed by atoms with E-state index in [1.807, 2.05) is 16.7 Å². The van der Waals surface area contributed by atoms with Crippen molar-refractivity contribution in [1.29, 1.82) is 5.26 Å². The number of ether oxygens (including phenoxy) is 2. The van der Waals surface area contributed by atoms with Crippen LogP contribution in [-0.2, 0) is 11.5 Å². The second-order valence-corrected chi connectivity index (χ2v) is 14.7. The molecule has 3 aromatic heterocycles. The van der Waals surface area contributed by atoms with Crippen molar-refractivity contribution in [2.75, 3.05) is 19.7 Å². The van der Waals surface area contributed by atoms with Crippen LogP contribution in [0.2, 0.25) is 25.7 Å². The quantitative estimate of drug-likeness (QED) is 0.458. The summed E-state index contributed by atoms with van der Waals surface area (Å²) in [5.74, 6) is 0.801. The highest BCUT2D eigenvalue weighted by Crippen LogP contribution is 2.35. The summed E-state index contributed by atoms with van der Waals surface area (Å²) in [6.45, 7) is 10.0. The van der Waals surface area contributed by atoms with Crippen LogP contribution in [0, 0.1) is 11.3 Å². The van der Waals surface area contributed by atoms with Gasteiger partial charge in [-0.25, -0.2) is 9.97 Å². The minimum absolute atomic E-state index is 0.132. The van der Waals surface area contributed by atoms with Gasteiger partial charge in [-0.1, -0.05) is 19.6 Å². The van der Waals surface area contributed by atoms with Gasteiger partial charge >= 0.3 is 0 Å². The van der Waals surface area contributed by atoms with Crippen molar-refractivity contribution in [2.24, 2.45) is 0 Å². The summed E-state index contributed by atoms with van der Waals surface area (Å²) < 4.78 is 14.4. The van der Waals surface area contributed by atoms with E-state index in [2.05, 4.69) is 41.0 Å². The normalized spacial score (nSPS) is 17.3. The molecule has 0 spiro atoms. The minimum Gasteiger partial charge on any atom is -0.488 e. The Kier molecular flexibility index (Phi) is 6.04. The molecule has 0 saturated carbocycles. The molecule has 8 heteroatoms. The molecular formula is C22H29N5O2Si. The van der Waals surface area contributed by atoms with E-state index < -0.39 is 8.07 Å². The highest BCUT2D eigenvalue weighted by Gasteiger charge is 2.21. The van der Waals surface area contributed by atoms with E-state index in [1.54, 1.807) is 12.4 Å². The lowest BCUT2D eigenvalue weighted by molar-refractivity contribution is 0.0925. The number of hydrogen-bond acceptors (Lipinski definition) is 6. The van der Waals surface area contributed by atoms with Crippen molar-refractivity contribution in [3.8, 4) is 11.8 Å². The van der Waals surface area contributed by atoms with Crippen molar-refractivity contribution in [3.05, 3.63) is 30.2 Å². The maximum atomic E-state index is 9.36. The van der Waals surface area contributed by atoms with Gasteiger partial charge in [0, 0.05) is 32.8 Å². The molecule has 1 aliphatic rings. The Balaban J connectivity index is 1.73. The minimum atomic E-state index is -1.16. The third kappa shape index (κ3) is 4.48. The van der Waals surface area contributed by atoms with Gasteiger partial charge in [0.25, 0.3) is 0 Å². The second-order valence-electron chi connectivity index (χ2n) is 9.07. The number of nitrogens with zero attached hydrogens (tertiary/aromatic N) is 4. The monoisotopic (exact) mass is 423 g/mol. The average molecular weight is 424 g/mol. The molecule has 0 aliphatic carbocycles. The Hall–Kier alpha value is -2.47. The summed E-state index contributed by atoms with van der Waals surface area (Å²) in [7, 11) is -1.16. The molecule has 1 saturated heterocycles. The Bertz CT molecular complexity index is 1080. The molecule has 1 unspecified atom stereocenters. The zero-order valence-electron chi connectivity index (χ0n) is 17.9. The van der Waals surface area contributed by atoms with Crippen molar-refractivity contribution in [3.63, 3.8) is 0 Å². The van der Waals surface area contributed by atoms with Crippen LogP contribution < -0.4 is 10.1 Å². The lowest BCUT2D eigenvalue weighted by Gasteiger charge is -2.24. The third-order valence-electron chi connectivity index (χ3n) is 5.47. The molecule has 1 aliphatic heterocycles. The van der Waals surface area contributed by atoms with E-state index in [1.165, 1.54) is 0 Å². The van der Waals surface area contributed by atoms with Gasteiger partial charge in [-0.2, -0.15) is 5.26 Å². The van der Waals surface area contributed by atoms with E-state index in [9.17, 15) is 5.26 Å². The highest BCUT2D eigenvalue weighted by molar-refractivity contribution is 6.76. The van der Waals surface area contributed by atoms with Gasteiger partial charge in [0.15, 0.2) is 0 Å². The van der Waals surface area contributed by atoms with Gasteiger partial charge in [0.1, 0.15) is 36.0 Å². The summed E-state index contributed by atoms with van der Waals surface area (Å²) in [6.07, 6.45) is 5.79. The van der Waals surface area contributed by atoms with Gasteiger partial charge in [0.2, 0.25) is 0 Å². The van der Waals surface area contributed by atoms with Crippen molar-refractivity contribution in [2.45, 2.75) is 51.4 Å². The van der Waals surface area contributed by atoms with Crippen LogP contribution in [0.3, 0.4) is 0 Å². The first-order valence-corrected chi connectivity index (χ1v) is 14.3. The second kappa shape index (κ2) is 8.72. The number of nitriles is 1. The number of aromatic nitrogens is 3. The van der Waals surface area contributed by atoms with Gasteiger partial charge in [0.05, 0.1) is 17.1 Å². The summed E-state index contributed by atoms with van der Waals surface area (Å²) >= 11 is 0. The standard InChI is InChI=1S/C22H29N5O2Si/c1-30(2,3)10-9-28-15-27-19-14-26-16(12-23)11-18(19)21-20(6-8-25-22(21)27)29-17-5-4-7-24-13-17/h6,8,11,14,17,24H,4-5,7,9-10,13,15H2,1-3H3. The molecule has 7 nitrogen and oxygen atoms in total. The van der Waals surface area contributed by atoms with E-state index in [4.69, 9.17) is 9.47 Å². The molecule has 30 heavy (non-hydrogen) atoms. The fourth-order valence-corrected chi connectivity index (χ4v) is 4.55. The molecule has 1 N–H and O–H groups in total. The van der Waals surface area contributed by atoms with Gasteiger partial charge in [-0.15, -0.1) is 0 Å². The smallest absolute Gasteiger partial charge is 0.146 e. The van der Waals surface area contributed by atoms with Crippen LogP contribution in [0.4, 0.5) is 0 Å². The van der Waals surface area contributed by atoms with E-state index >= 15 is 0 Å². The Morgan fingerprint density at radius 2 is 2.20 bits per heavy atom. The SMILES string of the molecule is C[Si](C)(C)CCOCn1c2cnc(C#N)cc2c2c(OC3CCCNC3)ccnc21. The fourth-order valence-electron chi connectivity index (χ4n) is 3.79. The number of nitrogens with one attached hydrogen (secondary N) is 1. The van der Waals surface area contributed by atoms with Gasteiger partial charge < -0.3 is 14.8 Å². The first kappa shape index (κ1) is 20.8. The predicted molar refractivity (Wildman–Crippen MR) is 120 cm³/mol. The molecular weight excluding hydrogens is 394 g/mol. The maximum Gasteiger partial charge on any atom is 0.146 e. The van der Waals surface area contributed by atoms with Crippen LogP contribution in [-0.4, -0.2) is 48.4 Å². The summed E-state index contributed by atoms with van der Waals surface area (Å²) in [6, 6.07) is 6.99. The molecule has 1 fully saturated rings. The maximum absolute atomic E-state index is 9.36. The Morgan fingerprint density at radius 3 is 2.93 bits per heavy atom. The van der Waals surface area contributed by atoms with Crippen LogP contribution in [0.25, 0.3) is 21.9 Å². The molecule has 0 amide bonds. The topological polar surface area (TPSA) is 85.0 Å². The van der Waals surface area contributed by atoms with Gasteiger partial charge in [-0.3, -0.25) is 4.57 Å². The number of fused-ring (bicyclic) bond motifs is 3. The Labute approximate surface area is 178 Å². The number of hydrogen-bond donors (Lipinski definition) is 1. The van der Waals surface area contributed by atoms with E-state index in [0.29, 0.717) is 12.4 Å². The van der Waals surface area contributed by atoms with Crippen LogP contribution in [0.5, 0.6) is 5.75 Å². The van der Waals surface area contributed by atoms with Gasteiger partial charge in [-0.05, 0) is 37.6 Å². The molecule has 1 atom stereocenters. The molecule has 4 heterocycles. The molecule has 4 rings (SSSR count). The lowest BCUT2D eigenvalue weighted by Crippen LogP contribution is -2.37. The first-order chi connectivity index (χ1) is 14.5. The average Bonchev–Trinajstić information content (AvgIpc) is 3.05. The van der Waals surface area contributed by atoms with E-state index in [-0.39, 0.29) is 6.10 Å². The van der Waals surface area contributed by atoms with Crippen LogP contribution in [0.1, 0.15) is 18.5 Å². The molecule has 0 radical (unpaired) electrons. The first-order valence-electron chi connectivity index (χ1n) is 10.6. The molecule has 0 aromatic carbocycles. The largest absolute Gasteiger partial charge is 0.488 e. The lowest BCUT2D eigenvalue weighted by atomic mass is 10.1. The van der Waals surface area contributed by atoms with Crippen LogP contribution in [0.15, 0.2) is 24.5 Å². The van der Waals surface area contributed by atoms with Crippen molar-refractivity contribution in [1.82, 2.24) is 19.9 Å². The number of pyridine rings is 2. The molecule has 158 valence electrons. The molecule has 0 bridgehead atoms. The summed E-state index contributed by atoms with van der Waals surface area (Å²) in [5.41, 5.74) is 2.09. The molecule has 3 aromatic rings. The predicted octanol–water partition coefficient (Wildman–Crippen LogP) is 3.90. The van der Waals surface area contributed by atoms with Crippen LogP contribution >= 0.6 is 0 Å². The zero-order chi connectivity index (χ0) is 21.1. The summed E-state index contributed by atoms with van der Waals surface area (Å²) in [5, 5.41) is 14.6. The number of piperidine rings is 1. The van der Waals surface area contributed by atoms with Crippen molar-refractivity contribution < 1.29 is 9.47 Å². The third-order valence-corrected chi connectivity index (χ3v) is 7.17. The van der Waals surface area contributed by atoms with Crippen molar-refractivity contribution >= 4 is 30.0 Å². The number of rotatable bonds is 7. The Morgan fingerprint density at radius 1 is 1.33 bits per heavy atom.